The molecule has 0 aliphatic rings. The van der Waals surface area contributed by atoms with Crippen molar-refractivity contribution in [2.75, 3.05) is 18.7 Å². The summed E-state index contributed by atoms with van der Waals surface area (Å²) in [6.45, 7) is 0. The van der Waals surface area contributed by atoms with Gasteiger partial charge in [-0.3, -0.25) is 4.98 Å². The number of ether oxygens (including phenoxy) is 1. The topological polar surface area (TPSA) is 78.9 Å². The molecule has 0 saturated carbocycles. The molecular formula is C16H17N5OS. The Bertz CT molecular complexity index is 758. The molecule has 2 aromatic heterocycles. The number of nitrogen functional groups attached to an aromatic ring is 1. The van der Waals surface area contributed by atoms with Gasteiger partial charge in [0.05, 0.1) is 7.11 Å². The largest absolute Gasteiger partial charge is 0.497 e. The average Bonchev–Trinajstić information content (AvgIpc) is 2.97. The maximum atomic E-state index is 6.11. The standard InChI is InChI=1S/C16H17N5OS/c1-22-14-7-5-12(6-8-14)15-19-20-16(21(15)17)23-11-9-13-4-2-3-10-18-13/h2-8,10H,9,11,17H2,1H3. The third-order valence-electron chi connectivity index (χ3n) is 3.33. The molecular weight excluding hydrogens is 310 g/mol. The molecule has 1 aromatic carbocycles. The molecule has 6 nitrogen and oxygen atoms in total. The van der Waals surface area contributed by atoms with Crippen molar-refractivity contribution < 1.29 is 4.74 Å². The molecule has 0 amide bonds. The fourth-order valence-corrected chi connectivity index (χ4v) is 2.92. The van der Waals surface area contributed by atoms with Crippen LogP contribution in [0.15, 0.2) is 53.8 Å². The average molecular weight is 327 g/mol. The number of hydrogen-bond acceptors (Lipinski definition) is 6. The van der Waals surface area contributed by atoms with Crippen LogP contribution in [0.4, 0.5) is 0 Å². The van der Waals surface area contributed by atoms with E-state index in [1.54, 1.807) is 25.1 Å². The van der Waals surface area contributed by atoms with E-state index in [-0.39, 0.29) is 0 Å². The van der Waals surface area contributed by atoms with Gasteiger partial charge >= 0.3 is 0 Å². The molecule has 3 rings (SSSR count). The van der Waals surface area contributed by atoms with Crippen LogP contribution in [0.2, 0.25) is 0 Å². The third-order valence-corrected chi connectivity index (χ3v) is 4.27. The normalized spacial score (nSPS) is 10.7. The summed E-state index contributed by atoms with van der Waals surface area (Å²) in [5.41, 5.74) is 1.95. The zero-order valence-electron chi connectivity index (χ0n) is 12.7. The van der Waals surface area contributed by atoms with E-state index in [1.165, 1.54) is 4.68 Å². The molecule has 7 heteroatoms. The minimum Gasteiger partial charge on any atom is -0.497 e. The molecule has 2 heterocycles. The van der Waals surface area contributed by atoms with Gasteiger partial charge in [0.2, 0.25) is 5.16 Å². The van der Waals surface area contributed by atoms with E-state index in [4.69, 9.17) is 10.6 Å². The number of thioether (sulfide) groups is 1. The van der Waals surface area contributed by atoms with Crippen LogP contribution >= 0.6 is 11.8 Å². The molecule has 3 aromatic rings. The molecule has 118 valence electrons. The van der Waals surface area contributed by atoms with E-state index in [9.17, 15) is 0 Å². The summed E-state index contributed by atoms with van der Waals surface area (Å²) >= 11 is 1.56. The predicted octanol–water partition coefficient (Wildman–Crippen LogP) is 2.40. The second-order valence-electron chi connectivity index (χ2n) is 4.82. The molecule has 0 saturated heterocycles. The molecule has 0 bridgehead atoms. The van der Waals surface area contributed by atoms with E-state index in [0.717, 1.165) is 29.2 Å². The molecule has 0 unspecified atom stereocenters. The van der Waals surface area contributed by atoms with Crippen molar-refractivity contribution in [3.63, 3.8) is 0 Å². The maximum absolute atomic E-state index is 6.11. The monoisotopic (exact) mass is 327 g/mol. The van der Waals surface area contributed by atoms with Crippen molar-refractivity contribution in [2.24, 2.45) is 0 Å². The highest BCUT2D eigenvalue weighted by molar-refractivity contribution is 7.99. The van der Waals surface area contributed by atoms with Gasteiger partial charge < -0.3 is 10.6 Å². The lowest BCUT2D eigenvalue weighted by molar-refractivity contribution is 0.415. The van der Waals surface area contributed by atoms with Crippen LogP contribution in [0.3, 0.4) is 0 Å². The molecule has 0 atom stereocenters. The van der Waals surface area contributed by atoms with Crippen LogP contribution in [-0.4, -0.2) is 32.7 Å². The smallest absolute Gasteiger partial charge is 0.210 e. The van der Waals surface area contributed by atoms with Gasteiger partial charge in [0.15, 0.2) is 5.82 Å². The fourth-order valence-electron chi connectivity index (χ4n) is 2.11. The van der Waals surface area contributed by atoms with Crippen LogP contribution in [0.1, 0.15) is 5.69 Å². The van der Waals surface area contributed by atoms with Gasteiger partial charge in [0, 0.05) is 23.2 Å². The summed E-state index contributed by atoms with van der Waals surface area (Å²) in [5, 5.41) is 9.03. The Kier molecular flexibility index (Phi) is 4.77. The summed E-state index contributed by atoms with van der Waals surface area (Å²) in [7, 11) is 1.64. The Balaban J connectivity index is 1.66. The SMILES string of the molecule is COc1ccc(-c2nnc(SCCc3ccccn3)n2N)cc1. The molecule has 0 radical (unpaired) electrons. The van der Waals surface area contributed by atoms with Gasteiger partial charge in [-0.1, -0.05) is 17.8 Å². The maximum Gasteiger partial charge on any atom is 0.210 e. The molecule has 0 spiro atoms. The van der Waals surface area contributed by atoms with E-state index < -0.39 is 0 Å². The van der Waals surface area contributed by atoms with Crippen LogP contribution in [0.25, 0.3) is 11.4 Å². The Morgan fingerprint density at radius 1 is 1.13 bits per heavy atom. The van der Waals surface area contributed by atoms with Gasteiger partial charge in [-0.2, -0.15) is 0 Å². The Morgan fingerprint density at radius 3 is 2.65 bits per heavy atom. The van der Waals surface area contributed by atoms with Crippen molar-refractivity contribution in [3.8, 4) is 17.1 Å². The zero-order chi connectivity index (χ0) is 16.1. The van der Waals surface area contributed by atoms with Crippen LogP contribution in [-0.2, 0) is 6.42 Å². The molecule has 23 heavy (non-hydrogen) atoms. The highest BCUT2D eigenvalue weighted by Crippen LogP contribution is 2.23. The van der Waals surface area contributed by atoms with Crippen molar-refractivity contribution in [3.05, 3.63) is 54.4 Å². The second kappa shape index (κ2) is 7.15. The summed E-state index contributed by atoms with van der Waals surface area (Å²) in [5.74, 6) is 8.38. The number of nitrogens with zero attached hydrogens (tertiary/aromatic N) is 4. The van der Waals surface area contributed by atoms with Gasteiger partial charge in [-0.25, -0.2) is 4.68 Å². The number of rotatable bonds is 6. The van der Waals surface area contributed by atoms with Crippen LogP contribution in [0, 0.1) is 0 Å². The van der Waals surface area contributed by atoms with Crippen molar-refractivity contribution in [2.45, 2.75) is 11.6 Å². The van der Waals surface area contributed by atoms with Crippen molar-refractivity contribution >= 4 is 11.8 Å². The summed E-state index contributed by atoms with van der Waals surface area (Å²) < 4.78 is 6.67. The Hall–Kier alpha value is -2.54. The molecule has 2 N–H and O–H groups in total. The number of nitrogens with two attached hydrogens (primary N) is 1. The van der Waals surface area contributed by atoms with E-state index in [0.29, 0.717) is 11.0 Å². The number of aromatic nitrogens is 4. The summed E-state index contributed by atoms with van der Waals surface area (Å²) in [6.07, 6.45) is 2.66. The zero-order valence-corrected chi connectivity index (χ0v) is 13.5. The molecule has 0 aliphatic heterocycles. The quantitative estimate of drug-likeness (QED) is 0.553. The van der Waals surface area contributed by atoms with E-state index in [1.807, 2.05) is 42.5 Å². The summed E-state index contributed by atoms with van der Waals surface area (Å²) in [4.78, 5) is 4.30. The Morgan fingerprint density at radius 2 is 1.96 bits per heavy atom. The number of hydrogen-bond donors (Lipinski definition) is 1. The first-order chi connectivity index (χ1) is 11.3. The summed E-state index contributed by atoms with van der Waals surface area (Å²) in [6, 6.07) is 13.5. The Labute approximate surface area is 138 Å². The number of methoxy groups -OCH3 is 1. The molecule has 0 fully saturated rings. The lowest BCUT2D eigenvalue weighted by Gasteiger charge is -2.05. The number of benzene rings is 1. The minimum atomic E-state index is 0.632. The second-order valence-corrected chi connectivity index (χ2v) is 5.89. The first kappa shape index (κ1) is 15.4. The lowest BCUT2D eigenvalue weighted by atomic mass is 10.2. The van der Waals surface area contributed by atoms with Crippen LogP contribution < -0.4 is 10.6 Å². The first-order valence-corrected chi connectivity index (χ1v) is 8.14. The number of aryl methyl sites for hydroxylation is 1. The minimum absolute atomic E-state index is 0.632. The van der Waals surface area contributed by atoms with Crippen molar-refractivity contribution in [1.82, 2.24) is 19.9 Å². The van der Waals surface area contributed by atoms with Gasteiger partial charge in [0.25, 0.3) is 0 Å². The highest BCUT2D eigenvalue weighted by Gasteiger charge is 2.12. The predicted molar refractivity (Wildman–Crippen MR) is 90.8 cm³/mol. The highest BCUT2D eigenvalue weighted by atomic mass is 32.2. The van der Waals surface area contributed by atoms with Gasteiger partial charge in [-0.05, 0) is 42.8 Å². The lowest BCUT2D eigenvalue weighted by Crippen LogP contribution is -2.11. The van der Waals surface area contributed by atoms with Gasteiger partial charge in [-0.15, -0.1) is 10.2 Å². The first-order valence-electron chi connectivity index (χ1n) is 7.15. The van der Waals surface area contributed by atoms with Crippen molar-refractivity contribution in [1.29, 1.82) is 0 Å². The van der Waals surface area contributed by atoms with E-state index >= 15 is 0 Å². The third kappa shape index (κ3) is 3.62. The van der Waals surface area contributed by atoms with E-state index in [2.05, 4.69) is 15.2 Å². The number of pyridine rings is 1. The van der Waals surface area contributed by atoms with Gasteiger partial charge in [0.1, 0.15) is 5.75 Å². The fraction of sp³-hybridized carbons (Fsp3) is 0.188. The van der Waals surface area contributed by atoms with Crippen LogP contribution in [0.5, 0.6) is 5.75 Å². The molecule has 0 aliphatic carbocycles.